The number of carbonyl (C=O) groups excluding carboxylic acids is 4. The van der Waals surface area contributed by atoms with Gasteiger partial charge in [-0.15, -0.1) is 0 Å². The van der Waals surface area contributed by atoms with Crippen molar-refractivity contribution in [1.82, 2.24) is 19.6 Å². The average Bonchev–Trinajstić information content (AvgIpc) is 3.98. The first-order valence-electron chi connectivity index (χ1n) is 28.3. The van der Waals surface area contributed by atoms with Gasteiger partial charge in [-0.25, -0.2) is 14.4 Å². The highest BCUT2D eigenvalue weighted by Crippen LogP contribution is 2.49. The molecule has 79 heavy (non-hydrogen) atoms. The van der Waals surface area contributed by atoms with Crippen LogP contribution >= 0.6 is 23.5 Å². The zero-order valence-corrected chi connectivity index (χ0v) is 49.2. The van der Waals surface area contributed by atoms with Crippen LogP contribution in [-0.2, 0) is 30.7 Å². The van der Waals surface area contributed by atoms with E-state index in [1.807, 2.05) is 13.8 Å². The van der Waals surface area contributed by atoms with Gasteiger partial charge < -0.3 is 53.9 Å². The minimum absolute atomic E-state index is 0.0000913. The maximum Gasteiger partial charge on any atom is 0.415 e. The Kier molecular flexibility index (Phi) is 19.6. The molecule has 0 aromatic heterocycles. The van der Waals surface area contributed by atoms with Crippen molar-refractivity contribution >= 4 is 53.5 Å². The molecule has 3 N–H and O–H groups in total. The molecular weight excluding hydrogens is 1040 g/mol. The van der Waals surface area contributed by atoms with Gasteiger partial charge in [-0.2, -0.15) is 23.5 Å². The van der Waals surface area contributed by atoms with E-state index in [2.05, 4.69) is 65.8 Å². The molecule has 6 heterocycles. The number of hydrogen-bond donors (Lipinski definition) is 3. The van der Waals surface area contributed by atoms with E-state index in [1.54, 1.807) is 44.3 Å². The van der Waals surface area contributed by atoms with E-state index >= 15 is 0 Å². The van der Waals surface area contributed by atoms with Gasteiger partial charge in [0.25, 0.3) is 11.8 Å². The predicted molar refractivity (Wildman–Crippen MR) is 309 cm³/mol. The molecule has 5 atom stereocenters. The lowest BCUT2D eigenvalue weighted by Gasteiger charge is -2.41. The Morgan fingerprint density at radius 3 is 1.54 bits per heavy atom. The van der Waals surface area contributed by atoms with E-state index in [4.69, 9.17) is 18.9 Å². The molecule has 0 saturated carbocycles. The van der Waals surface area contributed by atoms with E-state index in [-0.39, 0.29) is 68.3 Å². The fourth-order valence-corrected chi connectivity index (χ4v) is 13.2. The van der Waals surface area contributed by atoms with Crippen molar-refractivity contribution in [2.45, 2.75) is 175 Å². The topological polar surface area (TPSA) is 196 Å². The molecule has 0 radical (unpaired) electrons. The van der Waals surface area contributed by atoms with Crippen LogP contribution < -0.4 is 18.9 Å². The molecule has 2 saturated heterocycles. The number of carbonyl (C=O) groups is 5. The SMILES string of the molecule is CC(C)=CCC/C(C)=C/CC[C@@]1(C)Oc2c(c(OC(=O)N3CCSCC3)cc3c2CN(CCC[C@@H](C(=O)O)N2Cc4c(cc(OC(=O)N5CCSCC5)c5c4O[C@](C)(CC/C=C(\C)CCC=C(C)C)[C@@H](O)C5)C2=O)C3=O)C[C@@H]1O. The Hall–Kier alpha value is -5.43. The molecule has 6 aliphatic rings. The highest BCUT2D eigenvalue weighted by molar-refractivity contribution is 7.99. The van der Waals surface area contributed by atoms with Gasteiger partial charge in [0.1, 0.15) is 40.2 Å². The number of nitrogens with zero attached hydrogens (tertiary/aromatic N) is 4. The van der Waals surface area contributed by atoms with Crippen molar-refractivity contribution in [2.75, 3.05) is 55.7 Å². The van der Waals surface area contributed by atoms with Crippen LogP contribution in [0.3, 0.4) is 0 Å². The molecule has 430 valence electrons. The van der Waals surface area contributed by atoms with Crippen LogP contribution in [0, 0.1) is 0 Å². The highest BCUT2D eigenvalue weighted by Gasteiger charge is 2.48. The highest BCUT2D eigenvalue weighted by atomic mass is 32.2. The number of rotatable bonds is 20. The maximum absolute atomic E-state index is 14.6. The van der Waals surface area contributed by atoms with Gasteiger partial charge in [-0.1, -0.05) is 46.6 Å². The number of carboxylic acids is 1. The summed E-state index contributed by atoms with van der Waals surface area (Å²) in [4.78, 5) is 75.8. The summed E-state index contributed by atoms with van der Waals surface area (Å²) in [6.07, 6.45) is 12.2. The summed E-state index contributed by atoms with van der Waals surface area (Å²) < 4.78 is 25.8. The summed E-state index contributed by atoms with van der Waals surface area (Å²) in [6, 6.07) is 1.78. The number of fused-ring (bicyclic) bond motifs is 6. The van der Waals surface area contributed by atoms with Gasteiger partial charge in [-0.3, -0.25) is 9.59 Å². The van der Waals surface area contributed by atoms with Gasteiger partial charge in [0.15, 0.2) is 0 Å². The lowest BCUT2D eigenvalue weighted by atomic mass is 9.84. The summed E-state index contributed by atoms with van der Waals surface area (Å²) in [5.41, 5.74) is 5.46. The van der Waals surface area contributed by atoms with Gasteiger partial charge in [0, 0.05) is 90.8 Å². The van der Waals surface area contributed by atoms with Gasteiger partial charge >= 0.3 is 18.2 Å². The number of aliphatic hydroxyl groups excluding tert-OH is 2. The first-order valence-corrected chi connectivity index (χ1v) is 30.6. The van der Waals surface area contributed by atoms with Crippen LogP contribution in [0.2, 0.25) is 0 Å². The van der Waals surface area contributed by atoms with Crippen molar-refractivity contribution in [3.63, 3.8) is 0 Å². The number of hydrogen-bond acceptors (Lipinski definition) is 13. The minimum Gasteiger partial charge on any atom is -0.484 e. The lowest BCUT2D eigenvalue weighted by molar-refractivity contribution is -0.142. The summed E-state index contributed by atoms with van der Waals surface area (Å²) in [7, 11) is 0. The zero-order chi connectivity index (χ0) is 56.8. The van der Waals surface area contributed by atoms with Crippen LogP contribution in [0.1, 0.15) is 163 Å². The van der Waals surface area contributed by atoms with E-state index in [1.165, 1.54) is 33.3 Å². The molecule has 0 bridgehead atoms. The van der Waals surface area contributed by atoms with Crippen molar-refractivity contribution < 1.29 is 58.2 Å². The molecule has 6 aliphatic heterocycles. The normalized spacial score (nSPS) is 23.2. The van der Waals surface area contributed by atoms with Crippen molar-refractivity contribution in [3.8, 4) is 23.0 Å². The molecule has 2 fully saturated rings. The first kappa shape index (κ1) is 59.7. The molecule has 8 rings (SSSR count). The van der Waals surface area contributed by atoms with Crippen LogP contribution in [0.5, 0.6) is 23.0 Å². The fraction of sp³-hybridized carbons (Fsp3) is 0.590. The molecular formula is C61H82N4O12S2. The lowest BCUT2D eigenvalue weighted by Crippen LogP contribution is -2.49. The number of aliphatic carboxylic acids is 1. The van der Waals surface area contributed by atoms with E-state index in [9.17, 15) is 39.3 Å². The summed E-state index contributed by atoms with van der Waals surface area (Å²) in [6.45, 7) is 18.5. The molecule has 0 aliphatic carbocycles. The molecule has 0 spiro atoms. The third-order valence-electron chi connectivity index (χ3n) is 16.4. The number of benzene rings is 2. The van der Waals surface area contributed by atoms with Crippen molar-refractivity contribution in [2.24, 2.45) is 0 Å². The monoisotopic (exact) mass is 1130 g/mol. The Morgan fingerprint density at radius 2 is 1.10 bits per heavy atom. The number of carboxylic acid groups (broad SMARTS) is 1. The van der Waals surface area contributed by atoms with Crippen molar-refractivity contribution in [1.29, 1.82) is 0 Å². The predicted octanol–water partition coefficient (Wildman–Crippen LogP) is 10.7. The summed E-state index contributed by atoms with van der Waals surface area (Å²) >= 11 is 3.51. The summed E-state index contributed by atoms with van der Waals surface area (Å²) in [5, 5.41) is 34.4. The zero-order valence-electron chi connectivity index (χ0n) is 47.6. The molecule has 2 aromatic rings. The van der Waals surface area contributed by atoms with Crippen molar-refractivity contribution in [3.05, 3.63) is 92.1 Å². The number of amides is 4. The largest absolute Gasteiger partial charge is 0.484 e. The number of thioether (sulfide) groups is 2. The van der Waals surface area contributed by atoms with Gasteiger partial charge in [-0.05, 0) is 132 Å². The quantitative estimate of drug-likeness (QED) is 0.106. The Balaban J connectivity index is 1.01. The number of aliphatic hydroxyl groups is 2. The van der Waals surface area contributed by atoms with Crippen LogP contribution in [-0.4, -0.2) is 150 Å². The second-order valence-electron chi connectivity index (χ2n) is 23.1. The van der Waals surface area contributed by atoms with E-state index in [0.29, 0.717) is 91.2 Å². The minimum atomic E-state index is -1.30. The third-order valence-corrected chi connectivity index (χ3v) is 18.3. The van der Waals surface area contributed by atoms with E-state index < -0.39 is 53.5 Å². The second-order valence-corrected chi connectivity index (χ2v) is 25.5. The molecule has 4 amide bonds. The molecule has 2 aromatic carbocycles. The molecule has 18 heteroatoms. The van der Waals surface area contributed by atoms with Crippen LogP contribution in [0.25, 0.3) is 0 Å². The standard InChI is InChI=1S/C61H82N4O12S2/c1-38(2)14-9-16-40(5)18-11-21-60(7)51(66)34-44-49(74-58(72)62-24-28-78-29-25-62)32-42-46(53(44)76-60)36-64(55(42)68)23-13-20-48(57(70)71)65-37-47-43(56(65)69)33-50(75-59(73)63-26-30-79-31-27-63)45-35-52(67)61(8,77-54(45)47)22-12-19-41(6)17-10-15-39(3)4/h14-15,18-19,32-33,48,51-52,66-67H,9-13,16-17,20-31,34-37H2,1-8H3,(H,70,71)/b40-18+,41-19+/t48-,51-,52-,60+,61+/m0/s1. The fourth-order valence-electron chi connectivity index (χ4n) is 11.4. The number of allylic oxidation sites excluding steroid dienone is 8. The first-order chi connectivity index (χ1) is 37.7. The number of ether oxygens (including phenoxy) is 4. The average molecular weight is 1130 g/mol. The Bertz CT molecular complexity index is 2770. The summed E-state index contributed by atoms with van der Waals surface area (Å²) in [5.74, 6) is 1.99. The maximum atomic E-state index is 14.6. The third kappa shape index (κ3) is 14.0. The van der Waals surface area contributed by atoms with Gasteiger partial charge in [0.2, 0.25) is 0 Å². The van der Waals surface area contributed by atoms with Crippen LogP contribution in [0.15, 0.2) is 58.7 Å². The van der Waals surface area contributed by atoms with Crippen LogP contribution in [0.4, 0.5) is 9.59 Å². The smallest absolute Gasteiger partial charge is 0.415 e. The second kappa shape index (κ2) is 26.0. The molecule has 16 nitrogen and oxygen atoms in total. The molecule has 0 unspecified atom stereocenters. The Labute approximate surface area is 475 Å². The Morgan fingerprint density at radius 1 is 0.658 bits per heavy atom. The van der Waals surface area contributed by atoms with Gasteiger partial charge in [0.05, 0.1) is 36.4 Å². The van der Waals surface area contributed by atoms with E-state index in [0.717, 1.165) is 48.7 Å².